The molecule has 0 spiro atoms. The molecule has 0 bridgehead atoms. The number of nitrogens with zero attached hydrogens (tertiary/aromatic N) is 2. The van der Waals surface area contributed by atoms with Gasteiger partial charge >= 0.3 is 0 Å². The number of amides is 6. The van der Waals surface area contributed by atoms with E-state index < -0.39 is 59.0 Å². The molecule has 78 heavy (non-hydrogen) atoms. The summed E-state index contributed by atoms with van der Waals surface area (Å²) < 4.78 is 0. The molecule has 6 aliphatic rings. The number of carbonyl (C=O) groups excluding carboxylic acids is 6. The largest absolute Gasteiger partial charge is 0.367 e. The van der Waals surface area contributed by atoms with Crippen LogP contribution in [0.15, 0.2) is 72.8 Å². The minimum absolute atomic E-state index is 0.0987. The molecule has 0 radical (unpaired) electrons. The molecule has 12 atom stereocenters. The topological polar surface area (TPSA) is 205 Å². The maximum atomic E-state index is 14.7. The molecule has 4 aliphatic heterocycles. The lowest BCUT2D eigenvalue weighted by Gasteiger charge is -2.35. The lowest BCUT2D eigenvalue weighted by atomic mass is 9.83. The van der Waals surface area contributed by atoms with Gasteiger partial charge in [0.05, 0.1) is 63.3 Å². The van der Waals surface area contributed by atoms with E-state index in [1.807, 2.05) is 128 Å². The van der Waals surface area contributed by atoms with Crippen LogP contribution in [-0.4, -0.2) is 134 Å². The summed E-state index contributed by atoms with van der Waals surface area (Å²) in [5, 5.41) is 25.5. The average molecular weight is 1140 g/mol. The van der Waals surface area contributed by atoms with Crippen LogP contribution in [0.4, 0.5) is 0 Å². The Kier molecular flexibility index (Phi) is 17.6. The Morgan fingerprint density at radius 2 is 1.08 bits per heavy atom. The van der Waals surface area contributed by atoms with E-state index in [0.29, 0.717) is 48.5 Å². The van der Waals surface area contributed by atoms with Crippen molar-refractivity contribution in [3.63, 3.8) is 0 Å². The van der Waals surface area contributed by atoms with Gasteiger partial charge < -0.3 is 52.3 Å². The molecular formula is C58H76N10O6S4. The molecule has 3 aromatic carbocycles. The fourth-order valence-corrected chi connectivity index (χ4v) is 16.2. The van der Waals surface area contributed by atoms with E-state index in [2.05, 4.69) is 42.5 Å². The van der Waals surface area contributed by atoms with Crippen molar-refractivity contribution in [1.29, 1.82) is 0 Å². The molecule has 4 heterocycles. The van der Waals surface area contributed by atoms with Crippen molar-refractivity contribution < 1.29 is 28.8 Å². The number of fused-ring (bicyclic) bond motifs is 4. The predicted molar refractivity (Wildman–Crippen MR) is 315 cm³/mol. The van der Waals surface area contributed by atoms with Crippen molar-refractivity contribution in [2.24, 2.45) is 16.7 Å². The zero-order valence-corrected chi connectivity index (χ0v) is 49.2. The molecule has 6 amide bonds. The van der Waals surface area contributed by atoms with Crippen LogP contribution < -0.4 is 42.5 Å². The van der Waals surface area contributed by atoms with Crippen molar-refractivity contribution in [2.45, 2.75) is 158 Å². The Labute approximate surface area is 478 Å². The van der Waals surface area contributed by atoms with Crippen LogP contribution in [0.2, 0.25) is 0 Å². The van der Waals surface area contributed by atoms with E-state index in [1.165, 1.54) is 0 Å². The number of nitrogens with one attached hydrogen (secondary N) is 8. The number of likely N-dealkylation sites (N-methyl/N-ethyl adjacent to an activating group) is 2. The zero-order valence-electron chi connectivity index (χ0n) is 45.9. The molecule has 0 aromatic heterocycles. The molecule has 4 fully saturated rings. The summed E-state index contributed by atoms with van der Waals surface area (Å²) in [6.45, 7) is 12.3. The second-order valence-corrected chi connectivity index (χ2v) is 26.8. The number of thioether (sulfide) groups is 2. The second-order valence-electron chi connectivity index (χ2n) is 23.3. The van der Waals surface area contributed by atoms with Gasteiger partial charge in [-0.05, 0) is 122 Å². The zero-order chi connectivity index (χ0) is 55.8. The maximum Gasteiger partial charge on any atom is 0.246 e. The van der Waals surface area contributed by atoms with E-state index in [-0.39, 0.29) is 71.2 Å². The fourth-order valence-electron chi connectivity index (χ4n) is 12.5. The summed E-state index contributed by atoms with van der Waals surface area (Å²) >= 11 is 14.7. The number of benzene rings is 3. The van der Waals surface area contributed by atoms with Gasteiger partial charge in [-0.15, -0.1) is 23.5 Å². The molecule has 9 rings (SSSR count). The SMILES string of the molecule is CN[C@@H](C)C(=S)N[C@H]1CCS[C@H]2CC(C)(C)[C@@H](C(=O)N[C@@H]3c4ccccc4C[C@H]3NC(=O)Cc3ccc(CNC(=O)[C@@H]4Cc5ccccc5[C@@H]4NC(=O)[C@H]4N5C(=O)[C@@H](NC(=S)[C@H](C)NC)CCS[C@H]5CC4(C)C)cc3)N2C1=O. The molecule has 20 heteroatoms. The lowest BCUT2D eigenvalue weighted by molar-refractivity contribution is -0.143. The fraction of sp³-hybridized carbons (Fsp3) is 0.552. The van der Waals surface area contributed by atoms with Gasteiger partial charge in [0.2, 0.25) is 35.4 Å². The van der Waals surface area contributed by atoms with Crippen molar-refractivity contribution in [3.8, 4) is 0 Å². The number of hydrogen-bond donors (Lipinski definition) is 8. The number of hydrogen-bond acceptors (Lipinski definition) is 12. The Bertz CT molecular complexity index is 2820. The van der Waals surface area contributed by atoms with Gasteiger partial charge in [-0.3, -0.25) is 28.8 Å². The summed E-state index contributed by atoms with van der Waals surface area (Å²) in [5.74, 6) is -0.263. The molecule has 3 aromatic rings. The average Bonchev–Trinajstić information content (AvgIpc) is 4.21. The summed E-state index contributed by atoms with van der Waals surface area (Å²) in [6.07, 6.45) is 3.60. The van der Waals surface area contributed by atoms with Gasteiger partial charge in [0.25, 0.3) is 0 Å². The third kappa shape index (κ3) is 12.0. The first-order valence-corrected chi connectivity index (χ1v) is 30.3. The monoisotopic (exact) mass is 1140 g/mol. The quantitative estimate of drug-likeness (QED) is 0.0914. The third-order valence-electron chi connectivity index (χ3n) is 17.0. The Hall–Kier alpha value is -5.12. The summed E-state index contributed by atoms with van der Waals surface area (Å²) in [4.78, 5) is 90.9. The smallest absolute Gasteiger partial charge is 0.246 e. The van der Waals surface area contributed by atoms with Crippen molar-refractivity contribution in [2.75, 3.05) is 25.6 Å². The first kappa shape index (κ1) is 57.6. The van der Waals surface area contributed by atoms with Crippen LogP contribution in [0.3, 0.4) is 0 Å². The number of rotatable bonds is 16. The van der Waals surface area contributed by atoms with Crippen molar-refractivity contribution in [1.82, 2.24) is 52.3 Å². The minimum atomic E-state index is -0.752. The summed E-state index contributed by atoms with van der Waals surface area (Å²) in [5.41, 5.74) is 4.45. The van der Waals surface area contributed by atoms with E-state index in [0.717, 1.165) is 44.9 Å². The van der Waals surface area contributed by atoms with Gasteiger partial charge in [0.1, 0.15) is 24.2 Å². The van der Waals surface area contributed by atoms with Crippen LogP contribution in [0, 0.1) is 16.7 Å². The molecule has 418 valence electrons. The normalized spacial score (nSPS) is 28.4. The highest BCUT2D eigenvalue weighted by Crippen LogP contribution is 2.49. The van der Waals surface area contributed by atoms with E-state index in [4.69, 9.17) is 24.4 Å². The maximum absolute atomic E-state index is 14.7. The van der Waals surface area contributed by atoms with Gasteiger partial charge in [-0.1, -0.05) is 125 Å². The second kappa shape index (κ2) is 23.9. The van der Waals surface area contributed by atoms with Crippen LogP contribution in [0.25, 0.3) is 0 Å². The molecule has 0 saturated carbocycles. The van der Waals surface area contributed by atoms with Crippen LogP contribution >= 0.6 is 48.0 Å². The highest BCUT2D eigenvalue weighted by molar-refractivity contribution is 8.00. The van der Waals surface area contributed by atoms with E-state index in [1.54, 1.807) is 33.3 Å². The van der Waals surface area contributed by atoms with E-state index in [9.17, 15) is 28.8 Å². The molecule has 4 saturated heterocycles. The van der Waals surface area contributed by atoms with Gasteiger partial charge in [-0.25, -0.2) is 0 Å². The molecular weight excluding hydrogens is 1060 g/mol. The van der Waals surface area contributed by atoms with Crippen LogP contribution in [0.1, 0.15) is 113 Å². The molecule has 2 aliphatic carbocycles. The van der Waals surface area contributed by atoms with E-state index >= 15 is 0 Å². The first-order valence-electron chi connectivity index (χ1n) is 27.4. The van der Waals surface area contributed by atoms with Crippen LogP contribution in [-0.2, 0) is 54.6 Å². The number of carbonyl (C=O) groups is 6. The summed E-state index contributed by atoms with van der Waals surface area (Å²) in [6, 6.07) is 19.0. The Morgan fingerprint density at radius 1 is 0.615 bits per heavy atom. The van der Waals surface area contributed by atoms with Crippen molar-refractivity contribution >= 4 is 93.4 Å². The highest BCUT2D eigenvalue weighted by atomic mass is 32.2. The predicted octanol–water partition coefficient (Wildman–Crippen LogP) is 4.74. The molecule has 16 nitrogen and oxygen atoms in total. The molecule has 0 unspecified atom stereocenters. The Morgan fingerprint density at radius 3 is 1.59 bits per heavy atom. The first-order chi connectivity index (χ1) is 37.2. The molecule has 8 N–H and O–H groups in total. The third-order valence-corrected chi connectivity index (χ3v) is 20.4. The van der Waals surface area contributed by atoms with Crippen LogP contribution in [0.5, 0.6) is 0 Å². The van der Waals surface area contributed by atoms with Gasteiger partial charge in [0, 0.05) is 6.54 Å². The Balaban J connectivity index is 0.824. The number of thiocarbonyl (C=S) groups is 2. The standard InChI is InChI=1S/C58H76N10O6S4/c1-31(59-7)53(75)63-40-21-23-77-44-28-57(3,4)48(67(44)55(40)73)51(71)65-46-37-15-11-9-13-35(37)26-39(46)50(70)61-30-34-19-17-33(18-20-34)25-43(69)62-42-27-36-14-10-12-16-38(36)47(42)66-52(72)49-58(5,6)29-45-68(49)56(74)41(22-24-78-45)64-54(76)32(2)60-8/h9-20,31-32,39-42,44-49,59-60H,21-30H2,1-8H3,(H,61,70)(H,62,69)(H,63,75)(H,64,76)(H,65,71)(H,66,72)/t31-,32-,39+,40-,41-,42+,44-,45-,46-,47+,48+,49+/m0/s1. The lowest BCUT2D eigenvalue weighted by Crippen LogP contribution is -2.58. The summed E-state index contributed by atoms with van der Waals surface area (Å²) in [7, 11) is 3.64. The van der Waals surface area contributed by atoms with Gasteiger partial charge in [-0.2, -0.15) is 0 Å². The minimum Gasteiger partial charge on any atom is -0.367 e. The van der Waals surface area contributed by atoms with Gasteiger partial charge in [0.15, 0.2) is 0 Å². The highest BCUT2D eigenvalue weighted by Gasteiger charge is 2.57. The van der Waals surface area contributed by atoms with Crippen molar-refractivity contribution in [3.05, 3.63) is 106 Å².